The van der Waals surface area contributed by atoms with E-state index in [-0.39, 0.29) is 36.4 Å². The fraction of sp³-hybridized carbons (Fsp3) is 0.571. The second-order valence-corrected chi connectivity index (χ2v) is 10.3. The lowest BCUT2D eigenvalue weighted by molar-refractivity contribution is -0.146. The van der Waals surface area contributed by atoms with Gasteiger partial charge in [0.15, 0.2) is 5.78 Å². The van der Waals surface area contributed by atoms with Crippen molar-refractivity contribution < 1.29 is 28.7 Å². The van der Waals surface area contributed by atoms with Crippen LogP contribution in [0, 0.1) is 17.8 Å². The van der Waals surface area contributed by atoms with Gasteiger partial charge < -0.3 is 25.1 Å². The normalized spacial score (nSPS) is 19.7. The van der Waals surface area contributed by atoms with Gasteiger partial charge in [0.25, 0.3) is 0 Å². The predicted molar refractivity (Wildman–Crippen MR) is 138 cm³/mol. The number of esters is 1. The molecule has 2 heterocycles. The number of aromatic nitrogens is 1. The number of fused-ring (bicyclic) bond motifs is 1. The molecule has 1 aromatic heterocycles. The van der Waals surface area contributed by atoms with E-state index in [1.807, 2.05) is 18.2 Å². The van der Waals surface area contributed by atoms with E-state index in [1.54, 1.807) is 13.2 Å². The Morgan fingerprint density at radius 1 is 1.08 bits per heavy atom. The first-order valence-corrected chi connectivity index (χ1v) is 13.2. The molecule has 1 saturated carbocycles. The first-order chi connectivity index (χ1) is 17.9. The molecule has 2 aliphatic rings. The van der Waals surface area contributed by atoms with Crippen LogP contribution in [0.3, 0.4) is 0 Å². The van der Waals surface area contributed by atoms with E-state index in [0.717, 1.165) is 36.6 Å². The number of amides is 2. The van der Waals surface area contributed by atoms with Gasteiger partial charge >= 0.3 is 5.97 Å². The van der Waals surface area contributed by atoms with E-state index in [9.17, 15) is 19.2 Å². The molecular weight excluding hydrogens is 474 g/mol. The zero-order valence-electron chi connectivity index (χ0n) is 21.6. The summed E-state index contributed by atoms with van der Waals surface area (Å²) in [6.07, 6.45) is 6.89. The second kappa shape index (κ2) is 12.3. The van der Waals surface area contributed by atoms with Gasteiger partial charge in [-0.05, 0) is 43.4 Å². The zero-order valence-corrected chi connectivity index (χ0v) is 21.6. The molecule has 1 aliphatic carbocycles. The topological polar surface area (TPSA) is 127 Å². The molecule has 2 aromatic rings. The molecule has 37 heavy (non-hydrogen) atoms. The molecule has 2 amide bonds. The predicted octanol–water partition coefficient (Wildman–Crippen LogP) is 3.52. The average Bonchev–Trinajstić information content (AvgIpc) is 3.53. The number of carbonyl (C=O) groups excluding carboxylic acids is 4. The molecule has 4 rings (SSSR count). The van der Waals surface area contributed by atoms with Crippen LogP contribution in [0.5, 0.6) is 5.75 Å². The molecule has 3 atom stereocenters. The minimum Gasteiger partial charge on any atom is -0.496 e. The SMILES string of the molecule is COC(=O)[C@H](C[C@@H]1CCNC1=O)NC(=O)[C@@H](CC(=O)c1cc2c(OC)cccc2[nH]1)CC1CCCCC1. The number of Topliss-reactive ketones (excluding diaryl/α,β-unsaturated/α-hetero) is 1. The Balaban J connectivity index is 1.51. The summed E-state index contributed by atoms with van der Waals surface area (Å²) >= 11 is 0. The van der Waals surface area contributed by atoms with E-state index in [2.05, 4.69) is 15.6 Å². The zero-order chi connectivity index (χ0) is 26.4. The Labute approximate surface area is 217 Å². The monoisotopic (exact) mass is 511 g/mol. The number of hydrogen-bond acceptors (Lipinski definition) is 6. The third-order valence-corrected chi connectivity index (χ3v) is 7.77. The molecule has 9 nitrogen and oxygen atoms in total. The number of benzene rings is 1. The number of carbonyl (C=O) groups is 4. The van der Waals surface area contributed by atoms with E-state index in [1.165, 1.54) is 13.5 Å². The van der Waals surface area contributed by atoms with E-state index in [4.69, 9.17) is 9.47 Å². The minimum absolute atomic E-state index is 0.0231. The molecule has 1 saturated heterocycles. The Kier molecular flexibility index (Phi) is 8.84. The molecule has 0 radical (unpaired) electrons. The van der Waals surface area contributed by atoms with Crippen LogP contribution < -0.4 is 15.4 Å². The fourth-order valence-electron chi connectivity index (χ4n) is 5.70. The van der Waals surface area contributed by atoms with Gasteiger partial charge in [-0.25, -0.2) is 4.79 Å². The lowest BCUT2D eigenvalue weighted by atomic mass is 9.80. The van der Waals surface area contributed by atoms with E-state index in [0.29, 0.717) is 36.7 Å². The van der Waals surface area contributed by atoms with Crippen molar-refractivity contribution in [1.82, 2.24) is 15.6 Å². The van der Waals surface area contributed by atoms with Gasteiger partial charge in [0.2, 0.25) is 11.8 Å². The Morgan fingerprint density at radius 3 is 2.54 bits per heavy atom. The van der Waals surface area contributed by atoms with Crippen LogP contribution in [0.15, 0.2) is 24.3 Å². The molecule has 0 spiro atoms. The number of rotatable bonds is 11. The highest BCUT2D eigenvalue weighted by molar-refractivity contribution is 6.02. The molecule has 0 bridgehead atoms. The number of ether oxygens (including phenoxy) is 2. The maximum Gasteiger partial charge on any atom is 0.328 e. The van der Waals surface area contributed by atoms with E-state index < -0.39 is 17.9 Å². The van der Waals surface area contributed by atoms with Crippen LogP contribution in [0.1, 0.15) is 68.3 Å². The largest absolute Gasteiger partial charge is 0.496 e. The van der Waals surface area contributed by atoms with Gasteiger partial charge in [0.1, 0.15) is 11.8 Å². The lowest BCUT2D eigenvalue weighted by Gasteiger charge is -2.27. The summed E-state index contributed by atoms with van der Waals surface area (Å²) in [7, 11) is 2.85. The van der Waals surface area contributed by atoms with Crippen molar-refractivity contribution >= 4 is 34.5 Å². The summed E-state index contributed by atoms with van der Waals surface area (Å²) in [6, 6.07) is 6.39. The summed E-state index contributed by atoms with van der Waals surface area (Å²) in [4.78, 5) is 54.7. The van der Waals surface area contributed by atoms with Gasteiger partial charge in [-0.3, -0.25) is 14.4 Å². The van der Waals surface area contributed by atoms with Crippen molar-refractivity contribution in [3.8, 4) is 5.75 Å². The summed E-state index contributed by atoms with van der Waals surface area (Å²) in [5, 5.41) is 6.40. The Morgan fingerprint density at radius 2 is 1.86 bits per heavy atom. The van der Waals surface area contributed by atoms with Crippen LogP contribution in [0.2, 0.25) is 0 Å². The molecule has 200 valence electrons. The summed E-state index contributed by atoms with van der Waals surface area (Å²) in [5.41, 5.74) is 1.21. The number of H-pyrrole nitrogens is 1. The van der Waals surface area contributed by atoms with Crippen LogP contribution >= 0.6 is 0 Å². The van der Waals surface area contributed by atoms with Crippen LogP contribution in [0.4, 0.5) is 0 Å². The highest BCUT2D eigenvalue weighted by atomic mass is 16.5. The number of ketones is 1. The number of aromatic amines is 1. The van der Waals surface area contributed by atoms with Gasteiger partial charge in [0.05, 0.1) is 19.9 Å². The maximum atomic E-state index is 13.5. The second-order valence-electron chi connectivity index (χ2n) is 10.3. The van der Waals surface area contributed by atoms with Crippen molar-refractivity contribution in [2.75, 3.05) is 20.8 Å². The van der Waals surface area contributed by atoms with E-state index >= 15 is 0 Å². The van der Waals surface area contributed by atoms with Crippen LogP contribution in [0.25, 0.3) is 10.9 Å². The van der Waals surface area contributed by atoms with Crippen LogP contribution in [-0.4, -0.2) is 55.4 Å². The summed E-state index contributed by atoms with van der Waals surface area (Å²) in [5.74, 6) is -1.14. The third-order valence-electron chi connectivity index (χ3n) is 7.77. The lowest BCUT2D eigenvalue weighted by Crippen LogP contribution is -2.46. The first kappa shape index (κ1) is 26.7. The quantitative estimate of drug-likeness (QED) is 0.313. The first-order valence-electron chi connectivity index (χ1n) is 13.2. The molecule has 1 aliphatic heterocycles. The maximum absolute atomic E-state index is 13.5. The molecule has 2 fully saturated rings. The van der Waals surface area contributed by atoms with Crippen LogP contribution in [-0.2, 0) is 19.1 Å². The number of methoxy groups -OCH3 is 2. The highest BCUT2D eigenvalue weighted by Crippen LogP contribution is 2.32. The third kappa shape index (κ3) is 6.50. The Bertz CT molecular complexity index is 1140. The van der Waals surface area contributed by atoms with Gasteiger partial charge in [0, 0.05) is 35.7 Å². The summed E-state index contributed by atoms with van der Waals surface area (Å²) in [6.45, 7) is 0.555. The highest BCUT2D eigenvalue weighted by Gasteiger charge is 2.34. The minimum atomic E-state index is -0.937. The molecular formula is C28H37N3O6. The molecule has 0 unspecified atom stereocenters. The van der Waals surface area contributed by atoms with Gasteiger partial charge in [-0.15, -0.1) is 0 Å². The molecule has 1 aromatic carbocycles. The standard InChI is InChI=1S/C28H37N3O6/c1-36-25-10-6-9-21-20(25)16-22(30-21)24(32)15-19(13-17-7-4-3-5-8-17)27(34)31-23(28(35)37-2)14-18-11-12-29-26(18)33/h6,9-10,16-19,23,30H,3-5,7-8,11-15H2,1-2H3,(H,29,33)(H,31,34)/t18-,19+,23-/m0/s1. The summed E-state index contributed by atoms with van der Waals surface area (Å²) < 4.78 is 10.3. The van der Waals surface area contributed by atoms with Crippen molar-refractivity contribution in [2.24, 2.45) is 17.8 Å². The van der Waals surface area contributed by atoms with Crippen molar-refractivity contribution in [3.63, 3.8) is 0 Å². The van der Waals surface area contributed by atoms with Crippen molar-refractivity contribution in [3.05, 3.63) is 30.0 Å². The smallest absolute Gasteiger partial charge is 0.328 e. The average molecular weight is 512 g/mol. The Hall–Kier alpha value is -3.36. The number of hydrogen-bond donors (Lipinski definition) is 3. The van der Waals surface area contributed by atoms with Gasteiger partial charge in [-0.1, -0.05) is 38.2 Å². The molecule has 3 N–H and O–H groups in total. The van der Waals surface area contributed by atoms with Crippen molar-refractivity contribution in [1.29, 1.82) is 0 Å². The molecule has 9 heteroatoms. The van der Waals surface area contributed by atoms with Crippen molar-refractivity contribution in [2.45, 2.75) is 63.8 Å². The fourth-order valence-corrected chi connectivity index (χ4v) is 5.70. The number of nitrogens with one attached hydrogen (secondary N) is 3. The van der Waals surface area contributed by atoms with Gasteiger partial charge in [-0.2, -0.15) is 0 Å².